The van der Waals surface area contributed by atoms with Crippen molar-refractivity contribution in [2.45, 2.75) is 32.7 Å². The van der Waals surface area contributed by atoms with E-state index in [-0.39, 0.29) is 24.5 Å². The minimum Gasteiger partial charge on any atom is -0.396 e. The highest BCUT2D eigenvalue weighted by atomic mass is 16.3. The Morgan fingerprint density at radius 1 is 1.50 bits per heavy atom. The highest BCUT2D eigenvalue weighted by Gasteiger charge is 2.31. The van der Waals surface area contributed by atoms with Crippen LogP contribution in [-0.4, -0.2) is 41.7 Å². The normalized spacial score (nSPS) is 21.1. The topological polar surface area (TPSA) is 78.6 Å². The van der Waals surface area contributed by atoms with Gasteiger partial charge in [-0.2, -0.15) is 0 Å². The van der Waals surface area contributed by atoms with E-state index in [1.54, 1.807) is 0 Å². The first kappa shape index (κ1) is 13.4. The van der Waals surface area contributed by atoms with Crippen LogP contribution in [0.5, 0.6) is 0 Å². The molecule has 0 aromatic carbocycles. The van der Waals surface area contributed by atoms with Gasteiger partial charge < -0.3 is 5.11 Å². The molecule has 0 radical (unpaired) electrons. The van der Waals surface area contributed by atoms with Crippen molar-refractivity contribution >= 4 is 5.91 Å². The zero-order chi connectivity index (χ0) is 12.1. The SMILES string of the molecule is CC(C)C(C(=O)NN)N1CCC(CO)CC1. The number of rotatable bonds is 4. The molecule has 16 heavy (non-hydrogen) atoms. The van der Waals surface area contributed by atoms with Crippen LogP contribution in [-0.2, 0) is 4.79 Å². The van der Waals surface area contributed by atoms with E-state index >= 15 is 0 Å². The minimum absolute atomic E-state index is 0.113. The fourth-order valence-corrected chi connectivity index (χ4v) is 2.39. The fraction of sp³-hybridized carbons (Fsp3) is 0.909. The smallest absolute Gasteiger partial charge is 0.251 e. The maximum Gasteiger partial charge on any atom is 0.251 e. The van der Waals surface area contributed by atoms with Crippen molar-refractivity contribution < 1.29 is 9.90 Å². The summed E-state index contributed by atoms with van der Waals surface area (Å²) in [5.74, 6) is 5.73. The molecule has 5 heteroatoms. The molecule has 0 aromatic heterocycles. The van der Waals surface area contributed by atoms with E-state index in [0.717, 1.165) is 25.9 Å². The zero-order valence-corrected chi connectivity index (χ0v) is 10.1. The maximum absolute atomic E-state index is 11.7. The van der Waals surface area contributed by atoms with Crippen LogP contribution < -0.4 is 11.3 Å². The first-order chi connectivity index (χ1) is 7.60. The lowest BCUT2D eigenvalue weighted by Crippen LogP contribution is -2.54. The lowest BCUT2D eigenvalue weighted by Gasteiger charge is -2.37. The quantitative estimate of drug-likeness (QED) is 0.351. The van der Waals surface area contributed by atoms with E-state index in [9.17, 15) is 4.79 Å². The average Bonchev–Trinajstić information content (AvgIpc) is 2.29. The average molecular weight is 229 g/mol. The second-order valence-electron chi connectivity index (χ2n) is 4.86. The van der Waals surface area contributed by atoms with Gasteiger partial charge in [-0.1, -0.05) is 13.8 Å². The number of hydrazine groups is 1. The molecule has 1 atom stereocenters. The molecule has 1 unspecified atom stereocenters. The molecule has 1 heterocycles. The first-order valence-electron chi connectivity index (χ1n) is 5.95. The Balaban J connectivity index is 2.57. The molecule has 1 fully saturated rings. The molecule has 0 bridgehead atoms. The fourth-order valence-electron chi connectivity index (χ4n) is 2.39. The maximum atomic E-state index is 11.7. The van der Waals surface area contributed by atoms with E-state index in [4.69, 9.17) is 10.9 Å². The molecule has 1 rings (SSSR count). The van der Waals surface area contributed by atoms with Gasteiger partial charge in [0.05, 0.1) is 6.04 Å². The number of carbonyl (C=O) groups is 1. The van der Waals surface area contributed by atoms with Gasteiger partial charge in [-0.15, -0.1) is 0 Å². The number of piperidine rings is 1. The van der Waals surface area contributed by atoms with Crippen molar-refractivity contribution in [3.8, 4) is 0 Å². The Labute approximate surface area is 97.0 Å². The van der Waals surface area contributed by atoms with Crippen LogP contribution in [0.1, 0.15) is 26.7 Å². The van der Waals surface area contributed by atoms with Crippen molar-refractivity contribution in [1.82, 2.24) is 10.3 Å². The van der Waals surface area contributed by atoms with E-state index in [1.807, 2.05) is 13.8 Å². The van der Waals surface area contributed by atoms with E-state index in [1.165, 1.54) is 0 Å². The van der Waals surface area contributed by atoms with Crippen molar-refractivity contribution in [2.75, 3.05) is 19.7 Å². The van der Waals surface area contributed by atoms with Crippen LogP contribution >= 0.6 is 0 Å². The summed E-state index contributed by atoms with van der Waals surface area (Å²) >= 11 is 0. The summed E-state index contributed by atoms with van der Waals surface area (Å²) in [4.78, 5) is 13.8. The summed E-state index contributed by atoms with van der Waals surface area (Å²) in [6, 6.07) is -0.148. The van der Waals surface area contributed by atoms with Gasteiger partial charge in [0.2, 0.25) is 0 Å². The summed E-state index contributed by atoms with van der Waals surface area (Å²) in [6.07, 6.45) is 1.91. The van der Waals surface area contributed by atoms with E-state index in [0.29, 0.717) is 5.92 Å². The van der Waals surface area contributed by atoms with Crippen LogP contribution in [0.3, 0.4) is 0 Å². The molecule has 4 N–H and O–H groups in total. The molecule has 0 spiro atoms. The second kappa shape index (κ2) is 6.18. The van der Waals surface area contributed by atoms with Crippen LogP contribution in [0.4, 0.5) is 0 Å². The number of carbonyl (C=O) groups excluding carboxylic acids is 1. The van der Waals surface area contributed by atoms with Gasteiger partial charge in [0.15, 0.2) is 0 Å². The number of nitrogens with zero attached hydrogens (tertiary/aromatic N) is 1. The van der Waals surface area contributed by atoms with Crippen molar-refractivity contribution in [1.29, 1.82) is 0 Å². The number of likely N-dealkylation sites (tertiary alicyclic amines) is 1. The summed E-state index contributed by atoms with van der Waals surface area (Å²) < 4.78 is 0. The minimum atomic E-state index is -0.148. The van der Waals surface area contributed by atoms with Crippen LogP contribution in [0.15, 0.2) is 0 Å². The Bertz CT molecular complexity index is 225. The van der Waals surface area contributed by atoms with Gasteiger partial charge in [-0.3, -0.25) is 15.1 Å². The van der Waals surface area contributed by atoms with Gasteiger partial charge in [0.25, 0.3) is 5.91 Å². The van der Waals surface area contributed by atoms with Crippen LogP contribution in [0.25, 0.3) is 0 Å². The Morgan fingerprint density at radius 2 is 2.06 bits per heavy atom. The summed E-state index contributed by atoms with van der Waals surface area (Å²) in [5.41, 5.74) is 2.24. The number of aliphatic hydroxyl groups excluding tert-OH is 1. The summed E-state index contributed by atoms with van der Waals surface area (Å²) in [7, 11) is 0. The summed E-state index contributed by atoms with van der Waals surface area (Å²) in [6.45, 7) is 6.03. The Hall–Kier alpha value is -0.650. The molecule has 1 amide bonds. The molecular weight excluding hydrogens is 206 g/mol. The number of nitrogens with one attached hydrogen (secondary N) is 1. The van der Waals surface area contributed by atoms with E-state index < -0.39 is 0 Å². The molecule has 1 aliphatic heterocycles. The largest absolute Gasteiger partial charge is 0.396 e. The molecule has 0 saturated carbocycles. The standard InChI is InChI=1S/C11H23N3O2/c1-8(2)10(11(16)13-12)14-5-3-9(7-15)4-6-14/h8-10,15H,3-7,12H2,1-2H3,(H,13,16). The van der Waals surface area contributed by atoms with Crippen molar-refractivity contribution in [3.05, 3.63) is 0 Å². The molecule has 94 valence electrons. The number of nitrogens with two attached hydrogens (primary N) is 1. The number of aliphatic hydroxyl groups is 1. The third kappa shape index (κ3) is 3.17. The highest BCUT2D eigenvalue weighted by Crippen LogP contribution is 2.21. The Morgan fingerprint density at radius 3 is 2.44 bits per heavy atom. The third-order valence-electron chi connectivity index (χ3n) is 3.34. The number of hydrogen-bond donors (Lipinski definition) is 3. The van der Waals surface area contributed by atoms with Gasteiger partial charge in [0, 0.05) is 6.61 Å². The van der Waals surface area contributed by atoms with Gasteiger partial charge >= 0.3 is 0 Å². The second-order valence-corrected chi connectivity index (χ2v) is 4.86. The highest BCUT2D eigenvalue weighted by molar-refractivity contribution is 5.81. The van der Waals surface area contributed by atoms with Crippen molar-refractivity contribution in [3.63, 3.8) is 0 Å². The zero-order valence-electron chi connectivity index (χ0n) is 10.1. The monoisotopic (exact) mass is 229 g/mol. The van der Waals surface area contributed by atoms with Crippen LogP contribution in [0.2, 0.25) is 0 Å². The lowest BCUT2D eigenvalue weighted by molar-refractivity contribution is -0.128. The van der Waals surface area contributed by atoms with Crippen molar-refractivity contribution in [2.24, 2.45) is 17.7 Å². The third-order valence-corrected chi connectivity index (χ3v) is 3.34. The predicted octanol–water partition coefficient (Wildman–Crippen LogP) is -0.295. The van der Waals surface area contributed by atoms with Gasteiger partial charge in [-0.25, -0.2) is 5.84 Å². The molecule has 1 saturated heterocycles. The van der Waals surface area contributed by atoms with E-state index in [2.05, 4.69) is 10.3 Å². The lowest BCUT2D eigenvalue weighted by atomic mass is 9.93. The molecule has 0 aliphatic carbocycles. The molecule has 5 nitrogen and oxygen atoms in total. The summed E-state index contributed by atoms with van der Waals surface area (Å²) in [5, 5.41) is 9.06. The Kier molecular flexibility index (Phi) is 5.18. The van der Waals surface area contributed by atoms with Crippen LogP contribution in [0, 0.1) is 11.8 Å². The molecular formula is C11H23N3O2. The number of hydrogen-bond acceptors (Lipinski definition) is 4. The van der Waals surface area contributed by atoms with Gasteiger partial charge in [0.1, 0.15) is 0 Å². The number of amides is 1. The molecule has 0 aromatic rings. The van der Waals surface area contributed by atoms with Gasteiger partial charge in [-0.05, 0) is 37.8 Å². The first-order valence-corrected chi connectivity index (χ1v) is 5.95. The predicted molar refractivity (Wildman–Crippen MR) is 62.3 cm³/mol. The molecule has 1 aliphatic rings.